The van der Waals surface area contributed by atoms with Gasteiger partial charge in [-0.05, 0) is 29.0 Å². The van der Waals surface area contributed by atoms with Gasteiger partial charge in [0, 0.05) is 19.8 Å². The van der Waals surface area contributed by atoms with Gasteiger partial charge in [0.1, 0.15) is 5.75 Å². The number of hydrogen-bond donors (Lipinski definition) is 0. The third kappa shape index (κ3) is 2.84. The number of methoxy groups -OCH3 is 4. The molecule has 0 saturated carbocycles. The summed E-state index contributed by atoms with van der Waals surface area (Å²) in [6.45, 7) is 0. The molecule has 0 heterocycles. The van der Waals surface area contributed by atoms with E-state index in [1.54, 1.807) is 19.2 Å². The van der Waals surface area contributed by atoms with Crippen LogP contribution in [0, 0.1) is 0 Å². The Balaban J connectivity index is 2.72. The second-order valence-electron chi connectivity index (χ2n) is 4.41. The lowest BCUT2D eigenvalue weighted by Crippen LogP contribution is -2.12. The maximum absolute atomic E-state index is 12.2. The molecule has 112 valence electrons. The van der Waals surface area contributed by atoms with E-state index in [9.17, 15) is 4.79 Å². The first kappa shape index (κ1) is 15.3. The molecular weight excluding hydrogens is 272 g/mol. The molecule has 21 heavy (non-hydrogen) atoms. The Bertz CT molecular complexity index is 646. The summed E-state index contributed by atoms with van der Waals surface area (Å²) in [6.07, 6.45) is -0.634. The Labute approximate surface area is 123 Å². The molecule has 0 aromatic heterocycles. The summed E-state index contributed by atoms with van der Waals surface area (Å²) in [6, 6.07) is 9.18. The summed E-state index contributed by atoms with van der Waals surface area (Å²) < 4.78 is 20.6. The maximum Gasteiger partial charge on any atom is 0.338 e. The molecule has 2 aromatic rings. The number of hydrogen-bond acceptors (Lipinski definition) is 5. The largest absolute Gasteiger partial charge is 0.497 e. The number of fused-ring (bicyclic) bond motifs is 1. The highest BCUT2D eigenvalue weighted by Crippen LogP contribution is 2.31. The van der Waals surface area contributed by atoms with Crippen LogP contribution in [0.4, 0.5) is 0 Å². The highest BCUT2D eigenvalue weighted by molar-refractivity contribution is 6.06. The first-order valence-electron chi connectivity index (χ1n) is 6.40. The Kier molecular flexibility index (Phi) is 4.77. The SMILES string of the molecule is COC(=O)c1c(C(OC)OC)ccc2cc(OC)ccc12. The molecule has 0 spiro atoms. The first-order chi connectivity index (χ1) is 10.2. The fraction of sp³-hybridized carbons (Fsp3) is 0.312. The first-order valence-corrected chi connectivity index (χ1v) is 6.40. The Morgan fingerprint density at radius 1 is 1.00 bits per heavy atom. The topological polar surface area (TPSA) is 54.0 Å². The highest BCUT2D eigenvalue weighted by atomic mass is 16.7. The van der Waals surface area contributed by atoms with Crippen molar-refractivity contribution in [3.05, 3.63) is 41.5 Å². The van der Waals surface area contributed by atoms with E-state index in [0.29, 0.717) is 11.1 Å². The van der Waals surface area contributed by atoms with E-state index in [4.69, 9.17) is 18.9 Å². The predicted molar refractivity (Wildman–Crippen MR) is 78.6 cm³/mol. The lowest BCUT2D eigenvalue weighted by Gasteiger charge is -2.18. The summed E-state index contributed by atoms with van der Waals surface area (Å²) in [7, 11) is 5.99. The van der Waals surface area contributed by atoms with E-state index in [1.807, 2.05) is 18.2 Å². The molecule has 0 aliphatic heterocycles. The summed E-state index contributed by atoms with van der Waals surface area (Å²) in [5.41, 5.74) is 1.07. The van der Waals surface area contributed by atoms with E-state index >= 15 is 0 Å². The van der Waals surface area contributed by atoms with E-state index in [-0.39, 0.29) is 0 Å². The van der Waals surface area contributed by atoms with Crippen LogP contribution in [-0.4, -0.2) is 34.4 Å². The standard InChI is InChI=1S/C16H18O5/c1-18-11-6-8-12-10(9-11)5-7-13(16(20-3)21-4)14(12)15(17)19-2/h5-9,16H,1-4H3. The molecule has 2 aromatic carbocycles. The summed E-state index contributed by atoms with van der Waals surface area (Å²) in [5.74, 6) is 0.293. The van der Waals surface area contributed by atoms with Gasteiger partial charge in [0.15, 0.2) is 6.29 Å². The number of carbonyl (C=O) groups excluding carboxylic acids is 1. The van der Waals surface area contributed by atoms with Crippen LogP contribution in [0.25, 0.3) is 10.8 Å². The van der Waals surface area contributed by atoms with Crippen molar-refractivity contribution in [3.63, 3.8) is 0 Å². The van der Waals surface area contributed by atoms with Crippen molar-refractivity contribution in [1.82, 2.24) is 0 Å². The zero-order valence-electron chi connectivity index (χ0n) is 12.5. The summed E-state index contributed by atoms with van der Waals surface area (Å²) in [5, 5.41) is 1.64. The van der Waals surface area contributed by atoms with Crippen LogP contribution in [0.3, 0.4) is 0 Å². The molecule has 0 radical (unpaired) electrons. The van der Waals surface area contributed by atoms with Crippen molar-refractivity contribution in [2.24, 2.45) is 0 Å². The van der Waals surface area contributed by atoms with Gasteiger partial charge in [0.25, 0.3) is 0 Å². The Morgan fingerprint density at radius 3 is 2.29 bits per heavy atom. The van der Waals surface area contributed by atoms with Crippen LogP contribution in [0.2, 0.25) is 0 Å². The van der Waals surface area contributed by atoms with Crippen molar-refractivity contribution in [1.29, 1.82) is 0 Å². The van der Waals surface area contributed by atoms with Gasteiger partial charge in [0.2, 0.25) is 0 Å². The van der Waals surface area contributed by atoms with Gasteiger partial charge in [-0.1, -0.05) is 12.1 Å². The smallest absolute Gasteiger partial charge is 0.338 e. The van der Waals surface area contributed by atoms with Gasteiger partial charge >= 0.3 is 5.97 Å². The molecule has 5 nitrogen and oxygen atoms in total. The van der Waals surface area contributed by atoms with Crippen LogP contribution in [-0.2, 0) is 14.2 Å². The third-order valence-electron chi connectivity index (χ3n) is 3.33. The molecule has 0 amide bonds. The van der Waals surface area contributed by atoms with Crippen LogP contribution < -0.4 is 4.74 Å². The summed E-state index contributed by atoms with van der Waals surface area (Å²) in [4.78, 5) is 12.2. The van der Waals surface area contributed by atoms with Gasteiger partial charge in [-0.15, -0.1) is 0 Å². The minimum atomic E-state index is -0.634. The molecule has 5 heteroatoms. The van der Waals surface area contributed by atoms with Gasteiger partial charge in [0.05, 0.1) is 19.8 Å². The van der Waals surface area contributed by atoms with Gasteiger partial charge < -0.3 is 18.9 Å². The normalized spacial score (nSPS) is 10.9. The van der Waals surface area contributed by atoms with Gasteiger partial charge in [-0.2, -0.15) is 0 Å². The second kappa shape index (κ2) is 6.56. The van der Waals surface area contributed by atoms with Gasteiger partial charge in [-0.3, -0.25) is 0 Å². The molecule has 2 rings (SSSR count). The number of rotatable bonds is 5. The maximum atomic E-state index is 12.2. The van der Waals surface area contributed by atoms with E-state index in [1.165, 1.54) is 21.3 Å². The fourth-order valence-electron chi connectivity index (χ4n) is 2.33. The zero-order chi connectivity index (χ0) is 15.4. The molecule has 0 atom stereocenters. The molecular formula is C16H18O5. The van der Waals surface area contributed by atoms with E-state index in [0.717, 1.165) is 16.5 Å². The molecule has 0 bridgehead atoms. The Morgan fingerprint density at radius 2 is 1.71 bits per heavy atom. The third-order valence-corrected chi connectivity index (χ3v) is 3.33. The Hall–Kier alpha value is -2.11. The zero-order valence-corrected chi connectivity index (χ0v) is 12.5. The second-order valence-corrected chi connectivity index (χ2v) is 4.41. The minimum Gasteiger partial charge on any atom is -0.497 e. The molecule has 0 fully saturated rings. The average molecular weight is 290 g/mol. The molecule has 0 aliphatic carbocycles. The van der Waals surface area contributed by atoms with Crippen LogP contribution >= 0.6 is 0 Å². The number of esters is 1. The summed E-state index contributed by atoms with van der Waals surface area (Å²) >= 11 is 0. The van der Waals surface area contributed by atoms with Crippen LogP contribution in [0.15, 0.2) is 30.3 Å². The average Bonchev–Trinajstić information content (AvgIpc) is 2.54. The number of ether oxygens (including phenoxy) is 4. The number of benzene rings is 2. The lowest BCUT2D eigenvalue weighted by atomic mass is 9.98. The van der Waals surface area contributed by atoms with Crippen LogP contribution in [0.5, 0.6) is 5.75 Å². The van der Waals surface area contributed by atoms with E-state index < -0.39 is 12.3 Å². The van der Waals surface area contributed by atoms with Crippen molar-refractivity contribution in [3.8, 4) is 5.75 Å². The van der Waals surface area contributed by atoms with Gasteiger partial charge in [-0.25, -0.2) is 4.79 Å². The van der Waals surface area contributed by atoms with Crippen LogP contribution in [0.1, 0.15) is 22.2 Å². The number of carbonyl (C=O) groups is 1. The molecule has 0 saturated heterocycles. The monoisotopic (exact) mass is 290 g/mol. The van der Waals surface area contributed by atoms with Crippen molar-refractivity contribution in [2.45, 2.75) is 6.29 Å². The molecule has 0 aliphatic rings. The van der Waals surface area contributed by atoms with Crippen molar-refractivity contribution < 1.29 is 23.7 Å². The lowest BCUT2D eigenvalue weighted by molar-refractivity contribution is -0.106. The molecule has 0 N–H and O–H groups in total. The highest BCUT2D eigenvalue weighted by Gasteiger charge is 2.22. The quantitative estimate of drug-likeness (QED) is 0.626. The minimum absolute atomic E-state index is 0.431. The van der Waals surface area contributed by atoms with Crippen molar-refractivity contribution in [2.75, 3.05) is 28.4 Å². The molecule has 0 unspecified atom stereocenters. The van der Waals surface area contributed by atoms with Crippen molar-refractivity contribution >= 4 is 16.7 Å². The van der Waals surface area contributed by atoms with E-state index in [2.05, 4.69) is 0 Å². The fourth-order valence-corrected chi connectivity index (χ4v) is 2.33. The predicted octanol–water partition coefficient (Wildman–Crippen LogP) is 2.93.